The van der Waals surface area contributed by atoms with E-state index in [9.17, 15) is 4.79 Å². The number of hydrogen-bond donors (Lipinski definition) is 0. The van der Waals surface area contributed by atoms with Crippen molar-refractivity contribution in [3.63, 3.8) is 0 Å². The minimum Gasteiger partial charge on any atom is -0.456 e. The van der Waals surface area contributed by atoms with E-state index in [4.69, 9.17) is 9.15 Å². The first kappa shape index (κ1) is 18.7. The molecular weight excluding hydrogens is 364 g/mol. The van der Waals surface area contributed by atoms with E-state index in [1.165, 1.54) is 0 Å². The lowest BCUT2D eigenvalue weighted by Gasteiger charge is -2.18. The molecule has 2 aromatic rings. The molecule has 0 aromatic heterocycles. The monoisotopic (exact) mass is 387 g/mol. The molecule has 0 fully saturated rings. The van der Waals surface area contributed by atoms with E-state index >= 15 is 0 Å². The van der Waals surface area contributed by atoms with Crippen molar-refractivity contribution in [2.24, 2.45) is 0 Å². The molecule has 1 heterocycles. The number of hydrogen-bond acceptors (Lipinski definition) is 4. The summed E-state index contributed by atoms with van der Waals surface area (Å²) in [5.41, 5.74) is 4.61. The van der Waals surface area contributed by atoms with Crippen molar-refractivity contribution in [1.82, 2.24) is 4.58 Å². The lowest BCUT2D eigenvalue weighted by atomic mass is 9.93. The summed E-state index contributed by atoms with van der Waals surface area (Å²) in [5, 5.41) is 2.01. The second kappa shape index (κ2) is 7.43. The Morgan fingerprint density at radius 2 is 1.76 bits per heavy atom. The Balaban J connectivity index is 2.16. The van der Waals surface area contributed by atoms with Gasteiger partial charge in [-0.1, -0.05) is 18.2 Å². The summed E-state index contributed by atoms with van der Waals surface area (Å²) in [6, 6.07) is 19.9. The third kappa shape index (κ3) is 3.36. The van der Waals surface area contributed by atoms with Crippen molar-refractivity contribution in [2.75, 3.05) is 33.1 Å². The molecule has 29 heavy (non-hydrogen) atoms. The van der Waals surface area contributed by atoms with Crippen molar-refractivity contribution in [1.29, 1.82) is 0 Å². The number of anilines is 1. The van der Waals surface area contributed by atoms with E-state index in [2.05, 4.69) is 24.3 Å². The van der Waals surface area contributed by atoms with Crippen molar-refractivity contribution in [3.8, 4) is 28.2 Å². The van der Waals surface area contributed by atoms with Gasteiger partial charge in [0.25, 0.3) is 6.47 Å². The fourth-order valence-corrected chi connectivity index (χ4v) is 3.54. The summed E-state index contributed by atoms with van der Waals surface area (Å²) in [6.07, 6.45) is 0. The molecule has 1 aliphatic carbocycles. The summed E-state index contributed by atoms with van der Waals surface area (Å²) < 4.78 is 13.7. The smallest absolute Gasteiger partial charge is 0.298 e. The van der Waals surface area contributed by atoms with Gasteiger partial charge in [-0.25, -0.2) is 4.58 Å². The van der Waals surface area contributed by atoms with E-state index in [1.54, 1.807) is 6.07 Å². The van der Waals surface area contributed by atoms with Crippen LogP contribution in [0.4, 0.5) is 5.69 Å². The lowest BCUT2D eigenvalue weighted by molar-refractivity contribution is -0.120. The fraction of sp³-hybridized carbons (Fsp3) is 0.167. The van der Waals surface area contributed by atoms with Crippen LogP contribution in [0.5, 0.6) is 5.75 Å². The van der Waals surface area contributed by atoms with Crippen LogP contribution in [0, 0.1) is 0 Å². The predicted octanol–water partition coefficient (Wildman–Crippen LogP) is 3.84. The zero-order valence-electron chi connectivity index (χ0n) is 17.0. The molecular formula is C24H23N2O3+. The maximum absolute atomic E-state index is 11.1. The highest BCUT2D eigenvalue weighted by Crippen LogP contribution is 2.43. The molecule has 1 aliphatic heterocycles. The summed E-state index contributed by atoms with van der Waals surface area (Å²) in [7, 11) is 8.00. The molecule has 4 rings (SSSR count). The molecule has 0 amide bonds. The quantitative estimate of drug-likeness (QED) is 0.303. The van der Waals surface area contributed by atoms with Gasteiger partial charge in [-0.3, -0.25) is 4.79 Å². The molecule has 0 saturated heterocycles. The van der Waals surface area contributed by atoms with Crippen molar-refractivity contribution >= 4 is 23.1 Å². The highest BCUT2D eigenvalue weighted by molar-refractivity contribution is 6.04. The molecule has 2 aromatic carbocycles. The Morgan fingerprint density at radius 1 is 0.966 bits per heavy atom. The topological polar surface area (TPSA) is 45.7 Å². The SMILES string of the molecule is CN(C)c1ccc2c(-c3ccccc3OC=O)c3ccc(=[N+](C)C)cc-3oc2c1. The molecule has 2 aliphatic rings. The second-order valence-electron chi connectivity index (χ2n) is 7.34. The van der Waals surface area contributed by atoms with Gasteiger partial charge < -0.3 is 14.1 Å². The van der Waals surface area contributed by atoms with Gasteiger partial charge in [0.2, 0.25) is 5.36 Å². The summed E-state index contributed by atoms with van der Waals surface area (Å²) in [5.74, 6) is 1.29. The van der Waals surface area contributed by atoms with Crippen LogP contribution >= 0.6 is 0 Å². The van der Waals surface area contributed by atoms with E-state index in [1.807, 2.05) is 68.0 Å². The molecule has 5 nitrogen and oxygen atoms in total. The van der Waals surface area contributed by atoms with Crippen molar-refractivity contribution < 1.29 is 13.9 Å². The molecule has 0 spiro atoms. The number of fused-ring (bicyclic) bond motifs is 2. The van der Waals surface area contributed by atoms with Crippen molar-refractivity contribution in [3.05, 3.63) is 66.0 Å². The normalized spacial score (nSPS) is 10.9. The number of carbonyl (C=O) groups excluding carboxylic acids is 1. The maximum Gasteiger partial charge on any atom is 0.298 e. The largest absolute Gasteiger partial charge is 0.456 e. The third-order valence-corrected chi connectivity index (χ3v) is 5.05. The van der Waals surface area contributed by atoms with Crippen molar-refractivity contribution in [2.45, 2.75) is 0 Å². The van der Waals surface area contributed by atoms with Gasteiger partial charge in [0.15, 0.2) is 0 Å². The van der Waals surface area contributed by atoms with Gasteiger partial charge in [0.1, 0.15) is 31.2 Å². The first-order valence-corrected chi connectivity index (χ1v) is 9.37. The van der Waals surface area contributed by atoms with Gasteiger partial charge >= 0.3 is 0 Å². The van der Waals surface area contributed by atoms with Gasteiger partial charge in [-0.2, -0.15) is 0 Å². The van der Waals surface area contributed by atoms with Gasteiger partial charge in [-0.05, 0) is 24.3 Å². The molecule has 0 N–H and O–H groups in total. The van der Waals surface area contributed by atoms with E-state index < -0.39 is 0 Å². The first-order valence-electron chi connectivity index (χ1n) is 9.37. The Kier molecular flexibility index (Phi) is 4.80. The zero-order valence-corrected chi connectivity index (χ0v) is 17.0. The minimum atomic E-state index is 0.463. The summed E-state index contributed by atoms with van der Waals surface area (Å²) in [6.45, 7) is 0.463. The number of benzene rings is 3. The minimum absolute atomic E-state index is 0.463. The Hall–Kier alpha value is -3.60. The standard InChI is InChI=1S/C24H23N2O3/c1-25(2)16-9-11-19-22(13-16)29-23-14-17(26(3)4)10-12-20(23)24(19)18-7-5-6-8-21(18)28-15-27/h5-15H,1-4H3/q+1. The van der Waals surface area contributed by atoms with Gasteiger partial charge in [0, 0.05) is 54.0 Å². The van der Waals surface area contributed by atoms with E-state index in [0.717, 1.165) is 44.5 Å². The van der Waals surface area contributed by atoms with Crippen LogP contribution in [0.3, 0.4) is 0 Å². The number of ether oxygens (including phenoxy) is 1. The second-order valence-corrected chi connectivity index (χ2v) is 7.34. The molecule has 0 radical (unpaired) electrons. The average Bonchev–Trinajstić information content (AvgIpc) is 2.72. The number of carbonyl (C=O) groups is 1. The van der Waals surface area contributed by atoms with E-state index in [-0.39, 0.29) is 0 Å². The van der Waals surface area contributed by atoms with Crippen LogP contribution in [0.1, 0.15) is 0 Å². The van der Waals surface area contributed by atoms with Crippen LogP contribution < -0.4 is 19.6 Å². The number of para-hydroxylation sites is 1. The number of nitrogens with zero attached hydrogens (tertiary/aromatic N) is 2. The Labute approximate surface area is 169 Å². The predicted molar refractivity (Wildman–Crippen MR) is 116 cm³/mol. The lowest BCUT2D eigenvalue weighted by Crippen LogP contribution is -2.21. The first-order chi connectivity index (χ1) is 14.0. The third-order valence-electron chi connectivity index (χ3n) is 5.05. The fourth-order valence-electron chi connectivity index (χ4n) is 3.54. The Morgan fingerprint density at radius 3 is 2.48 bits per heavy atom. The van der Waals surface area contributed by atoms with Crippen LogP contribution in [-0.4, -0.2) is 34.7 Å². The van der Waals surface area contributed by atoms with Gasteiger partial charge in [0.05, 0.1) is 6.07 Å². The van der Waals surface area contributed by atoms with Gasteiger partial charge in [-0.15, -0.1) is 0 Å². The average molecular weight is 387 g/mol. The van der Waals surface area contributed by atoms with E-state index in [0.29, 0.717) is 12.2 Å². The highest BCUT2D eigenvalue weighted by Gasteiger charge is 2.20. The summed E-state index contributed by atoms with van der Waals surface area (Å²) in [4.78, 5) is 13.1. The maximum atomic E-state index is 11.1. The zero-order chi connectivity index (χ0) is 20.5. The molecule has 0 bridgehead atoms. The van der Waals surface area contributed by atoms with Crippen LogP contribution in [-0.2, 0) is 4.79 Å². The molecule has 5 heteroatoms. The number of rotatable bonds is 4. The molecule has 0 unspecified atom stereocenters. The molecule has 146 valence electrons. The highest BCUT2D eigenvalue weighted by atomic mass is 16.5. The molecule has 0 saturated carbocycles. The van der Waals surface area contributed by atoms with Crippen LogP contribution in [0.25, 0.3) is 33.4 Å². The summed E-state index contributed by atoms with van der Waals surface area (Å²) >= 11 is 0. The molecule has 0 atom stereocenters. The Bertz CT molecular complexity index is 1250. The van der Waals surface area contributed by atoms with Crippen LogP contribution in [0.15, 0.2) is 65.1 Å². The van der Waals surface area contributed by atoms with Crippen LogP contribution in [0.2, 0.25) is 0 Å².